The first kappa shape index (κ1) is 20.4. The molecule has 8 nitrogen and oxygen atoms in total. The molecule has 11 heteroatoms. The van der Waals surface area contributed by atoms with Gasteiger partial charge in [-0.15, -0.1) is 0 Å². The van der Waals surface area contributed by atoms with Gasteiger partial charge in [0.25, 0.3) is 11.6 Å². The molecule has 1 aromatic carbocycles. The van der Waals surface area contributed by atoms with E-state index in [1.165, 1.54) is 24.4 Å². The third kappa shape index (κ3) is 5.12. The lowest BCUT2D eigenvalue weighted by Gasteiger charge is -2.35. The number of para-hydroxylation sites is 2. The highest BCUT2D eigenvalue weighted by Crippen LogP contribution is 2.28. The van der Waals surface area contributed by atoms with E-state index in [0.717, 1.165) is 0 Å². The number of nitro groups is 1. The van der Waals surface area contributed by atoms with Crippen molar-refractivity contribution < 1.29 is 27.6 Å². The first-order valence-electron chi connectivity index (χ1n) is 8.68. The van der Waals surface area contributed by atoms with Crippen LogP contribution in [0.25, 0.3) is 0 Å². The molecule has 1 aliphatic heterocycles. The number of piperazine rings is 1. The van der Waals surface area contributed by atoms with Gasteiger partial charge < -0.3 is 14.5 Å². The fraction of sp³-hybridized carbons (Fsp3) is 0.333. The molecule has 154 valence electrons. The summed E-state index contributed by atoms with van der Waals surface area (Å²) in [4.78, 5) is 30.5. The predicted molar refractivity (Wildman–Crippen MR) is 97.0 cm³/mol. The van der Waals surface area contributed by atoms with Crippen LogP contribution in [0.4, 0.5) is 24.5 Å². The lowest BCUT2D eigenvalue weighted by molar-refractivity contribution is -0.384. The topological polar surface area (TPSA) is 88.8 Å². The van der Waals surface area contributed by atoms with E-state index < -0.39 is 17.7 Å². The molecule has 0 bridgehead atoms. The van der Waals surface area contributed by atoms with Crippen molar-refractivity contribution in [1.82, 2.24) is 9.88 Å². The fourth-order valence-electron chi connectivity index (χ4n) is 2.97. The predicted octanol–water partition coefficient (Wildman–Crippen LogP) is 2.89. The van der Waals surface area contributed by atoms with E-state index in [1.54, 1.807) is 23.1 Å². The number of aromatic nitrogens is 1. The zero-order valence-electron chi connectivity index (χ0n) is 15.1. The number of nitrogens with zero attached hydrogens (tertiary/aromatic N) is 4. The second-order valence-electron chi connectivity index (χ2n) is 6.31. The number of benzene rings is 1. The summed E-state index contributed by atoms with van der Waals surface area (Å²) in [5.74, 6) is -0.540. The van der Waals surface area contributed by atoms with Gasteiger partial charge in [-0.2, -0.15) is 13.2 Å². The lowest BCUT2D eigenvalue weighted by Crippen LogP contribution is -2.49. The Labute approximate surface area is 163 Å². The molecular formula is C18H17F3N4O4. The lowest BCUT2D eigenvalue weighted by atomic mass is 10.2. The van der Waals surface area contributed by atoms with Crippen molar-refractivity contribution >= 4 is 17.3 Å². The van der Waals surface area contributed by atoms with Crippen LogP contribution in [-0.4, -0.2) is 59.7 Å². The minimum absolute atomic E-state index is 0.00548. The van der Waals surface area contributed by atoms with Crippen molar-refractivity contribution in [2.45, 2.75) is 6.18 Å². The molecule has 1 aliphatic rings. The summed E-state index contributed by atoms with van der Waals surface area (Å²) >= 11 is 0. The molecule has 0 saturated carbocycles. The number of ether oxygens (including phenoxy) is 1. The third-order valence-electron chi connectivity index (χ3n) is 4.35. The number of alkyl halides is 3. The van der Waals surface area contributed by atoms with Gasteiger partial charge in [0.2, 0.25) is 5.88 Å². The van der Waals surface area contributed by atoms with E-state index in [0.29, 0.717) is 31.9 Å². The van der Waals surface area contributed by atoms with Crippen LogP contribution in [0, 0.1) is 10.1 Å². The minimum Gasteiger partial charge on any atom is -0.468 e. The van der Waals surface area contributed by atoms with Gasteiger partial charge in [-0.25, -0.2) is 4.98 Å². The number of hydrogen-bond donors (Lipinski definition) is 0. The van der Waals surface area contributed by atoms with Crippen molar-refractivity contribution in [2.24, 2.45) is 0 Å². The van der Waals surface area contributed by atoms with Crippen molar-refractivity contribution in [3.63, 3.8) is 0 Å². The average molecular weight is 410 g/mol. The van der Waals surface area contributed by atoms with Crippen LogP contribution in [0.3, 0.4) is 0 Å². The van der Waals surface area contributed by atoms with Crippen LogP contribution < -0.4 is 9.64 Å². The Hall–Kier alpha value is -3.37. The van der Waals surface area contributed by atoms with Gasteiger partial charge in [-0.05, 0) is 12.1 Å². The number of rotatable bonds is 5. The zero-order valence-corrected chi connectivity index (χ0v) is 15.1. The van der Waals surface area contributed by atoms with Gasteiger partial charge in [0.15, 0.2) is 6.61 Å². The number of hydrogen-bond acceptors (Lipinski definition) is 6. The Morgan fingerprint density at radius 2 is 1.83 bits per heavy atom. The monoisotopic (exact) mass is 410 g/mol. The maximum absolute atomic E-state index is 12.6. The SMILES string of the molecule is O=C(c1ccc(OCC(F)(F)F)nc1)N1CCN(c2ccccc2[N+](=O)[O-])CC1. The Balaban J connectivity index is 1.60. The van der Waals surface area contributed by atoms with Crippen molar-refractivity contribution in [2.75, 3.05) is 37.7 Å². The highest BCUT2D eigenvalue weighted by molar-refractivity contribution is 5.94. The zero-order chi connectivity index (χ0) is 21.0. The summed E-state index contributed by atoms with van der Waals surface area (Å²) in [6.45, 7) is 0.0584. The van der Waals surface area contributed by atoms with Gasteiger partial charge in [-0.3, -0.25) is 14.9 Å². The summed E-state index contributed by atoms with van der Waals surface area (Å²) in [7, 11) is 0. The van der Waals surface area contributed by atoms with Crippen LogP contribution in [0.5, 0.6) is 5.88 Å². The molecule has 2 aromatic rings. The largest absolute Gasteiger partial charge is 0.468 e. The molecule has 2 heterocycles. The quantitative estimate of drug-likeness (QED) is 0.556. The van der Waals surface area contributed by atoms with E-state index in [-0.39, 0.29) is 23.0 Å². The molecule has 1 amide bonds. The molecular weight excluding hydrogens is 393 g/mol. The Morgan fingerprint density at radius 1 is 1.14 bits per heavy atom. The third-order valence-corrected chi connectivity index (χ3v) is 4.35. The maximum Gasteiger partial charge on any atom is 0.422 e. The minimum atomic E-state index is -4.47. The van der Waals surface area contributed by atoms with E-state index in [1.807, 2.05) is 4.90 Å². The van der Waals surface area contributed by atoms with Crippen molar-refractivity contribution in [3.05, 3.63) is 58.3 Å². The summed E-state index contributed by atoms with van der Waals surface area (Å²) in [5, 5.41) is 11.2. The van der Waals surface area contributed by atoms with Gasteiger partial charge in [0, 0.05) is 44.5 Å². The smallest absolute Gasteiger partial charge is 0.422 e. The normalized spacial score (nSPS) is 14.6. The second kappa shape index (κ2) is 8.33. The highest BCUT2D eigenvalue weighted by Gasteiger charge is 2.29. The molecule has 29 heavy (non-hydrogen) atoms. The number of halogens is 3. The van der Waals surface area contributed by atoms with Crippen LogP contribution in [0.2, 0.25) is 0 Å². The number of anilines is 1. The summed E-state index contributed by atoms with van der Waals surface area (Å²) < 4.78 is 41.0. The first-order chi connectivity index (χ1) is 13.7. The average Bonchev–Trinajstić information content (AvgIpc) is 2.72. The molecule has 1 saturated heterocycles. The Kier molecular flexibility index (Phi) is 5.85. The van der Waals surface area contributed by atoms with E-state index in [4.69, 9.17) is 0 Å². The van der Waals surface area contributed by atoms with Gasteiger partial charge >= 0.3 is 6.18 Å². The number of carbonyl (C=O) groups is 1. The highest BCUT2D eigenvalue weighted by atomic mass is 19.4. The summed E-state index contributed by atoms with van der Waals surface area (Å²) in [6, 6.07) is 8.97. The van der Waals surface area contributed by atoms with Crippen LogP contribution in [-0.2, 0) is 0 Å². The molecule has 1 fully saturated rings. The Bertz CT molecular complexity index is 881. The molecule has 3 rings (SSSR count). The first-order valence-corrected chi connectivity index (χ1v) is 8.68. The number of nitro benzene ring substituents is 1. The van der Waals surface area contributed by atoms with Crippen LogP contribution in [0.15, 0.2) is 42.6 Å². The molecule has 0 unspecified atom stereocenters. The molecule has 1 aromatic heterocycles. The number of amides is 1. The number of carbonyl (C=O) groups excluding carboxylic acids is 1. The summed E-state index contributed by atoms with van der Waals surface area (Å²) in [6.07, 6.45) is -3.30. The van der Waals surface area contributed by atoms with Crippen molar-refractivity contribution in [3.8, 4) is 5.88 Å². The number of pyridine rings is 1. The molecule has 0 N–H and O–H groups in total. The summed E-state index contributed by atoms with van der Waals surface area (Å²) in [5.41, 5.74) is 0.729. The molecule has 0 radical (unpaired) electrons. The van der Waals surface area contributed by atoms with Gasteiger partial charge in [0.05, 0.1) is 10.5 Å². The standard InChI is InChI=1S/C18H17F3N4O4/c19-18(20,21)12-29-16-6-5-13(11-22-16)17(26)24-9-7-23(8-10-24)14-3-1-2-4-15(14)25(27)28/h1-6,11H,7-10,12H2. The Morgan fingerprint density at radius 3 is 2.41 bits per heavy atom. The van der Waals surface area contributed by atoms with E-state index in [2.05, 4.69) is 9.72 Å². The molecule has 0 aliphatic carbocycles. The van der Waals surface area contributed by atoms with E-state index in [9.17, 15) is 28.1 Å². The molecule has 0 atom stereocenters. The fourth-order valence-corrected chi connectivity index (χ4v) is 2.97. The van der Waals surface area contributed by atoms with E-state index >= 15 is 0 Å². The van der Waals surface area contributed by atoms with Gasteiger partial charge in [-0.1, -0.05) is 12.1 Å². The van der Waals surface area contributed by atoms with Crippen molar-refractivity contribution in [1.29, 1.82) is 0 Å². The maximum atomic E-state index is 12.6. The second-order valence-corrected chi connectivity index (χ2v) is 6.31. The molecule has 0 spiro atoms. The van der Waals surface area contributed by atoms with Crippen LogP contribution in [0.1, 0.15) is 10.4 Å². The van der Waals surface area contributed by atoms with Crippen LogP contribution >= 0.6 is 0 Å². The van der Waals surface area contributed by atoms with Gasteiger partial charge in [0.1, 0.15) is 5.69 Å².